The van der Waals surface area contributed by atoms with E-state index < -0.39 is 6.10 Å². The summed E-state index contributed by atoms with van der Waals surface area (Å²) in [5.41, 5.74) is 1.33. The smallest absolute Gasteiger partial charge is 0.130 e. The minimum atomic E-state index is -0.539. The summed E-state index contributed by atoms with van der Waals surface area (Å²) < 4.78 is 18.5. The first kappa shape index (κ1) is 9.46. The molecule has 0 radical (unpaired) electrons. The molecule has 2 rings (SSSR count). The summed E-state index contributed by atoms with van der Waals surface area (Å²) in [7, 11) is 1.50. The second-order valence-electron chi connectivity index (χ2n) is 3.59. The molecule has 1 atom stereocenters. The van der Waals surface area contributed by atoms with E-state index in [1.54, 1.807) is 6.07 Å². The molecule has 1 aromatic carbocycles. The fourth-order valence-electron chi connectivity index (χ4n) is 1.94. The molecule has 0 fully saturated rings. The molecule has 0 amide bonds. The van der Waals surface area contributed by atoms with Gasteiger partial charge in [-0.1, -0.05) is 0 Å². The van der Waals surface area contributed by atoms with Crippen molar-refractivity contribution in [2.45, 2.75) is 25.4 Å². The number of hydrogen-bond donors (Lipinski definition) is 1. The van der Waals surface area contributed by atoms with Gasteiger partial charge in [0, 0.05) is 6.07 Å². The molecule has 0 saturated heterocycles. The third kappa shape index (κ3) is 1.48. The first-order valence-electron chi connectivity index (χ1n) is 4.76. The number of aliphatic hydroxyl groups excluding tert-OH is 1. The fraction of sp³-hybridized carbons (Fsp3) is 0.455. The lowest BCUT2D eigenvalue weighted by atomic mass is 9.89. The predicted molar refractivity (Wildman–Crippen MR) is 50.8 cm³/mol. The summed E-state index contributed by atoms with van der Waals surface area (Å²) in [4.78, 5) is 0. The zero-order chi connectivity index (χ0) is 10.1. The monoisotopic (exact) mass is 196 g/mol. The Hall–Kier alpha value is -1.09. The topological polar surface area (TPSA) is 29.5 Å². The summed E-state index contributed by atoms with van der Waals surface area (Å²) in [5.74, 6) is 0.209. The number of rotatable bonds is 1. The van der Waals surface area contributed by atoms with Crippen LogP contribution in [-0.2, 0) is 6.42 Å². The van der Waals surface area contributed by atoms with Gasteiger partial charge in [-0.3, -0.25) is 0 Å². The predicted octanol–water partition coefficient (Wildman–Crippen LogP) is 2.20. The van der Waals surface area contributed by atoms with E-state index in [1.807, 2.05) is 0 Å². The zero-order valence-corrected chi connectivity index (χ0v) is 8.09. The number of ether oxygens (including phenoxy) is 1. The maximum absolute atomic E-state index is 13.5. The van der Waals surface area contributed by atoms with E-state index in [9.17, 15) is 9.50 Å². The molecular formula is C11H13FO2. The summed E-state index contributed by atoms with van der Waals surface area (Å²) in [6, 6.07) is 3.10. The molecule has 14 heavy (non-hydrogen) atoms. The van der Waals surface area contributed by atoms with Crippen molar-refractivity contribution in [3.05, 3.63) is 29.1 Å². The van der Waals surface area contributed by atoms with Crippen molar-refractivity contribution in [2.24, 2.45) is 0 Å². The van der Waals surface area contributed by atoms with Gasteiger partial charge in [0.1, 0.15) is 11.6 Å². The molecular weight excluding hydrogens is 183 g/mol. The van der Waals surface area contributed by atoms with Crippen molar-refractivity contribution < 1.29 is 14.2 Å². The highest BCUT2D eigenvalue weighted by Crippen LogP contribution is 2.33. The van der Waals surface area contributed by atoms with Crippen molar-refractivity contribution in [1.29, 1.82) is 0 Å². The Morgan fingerprint density at radius 1 is 1.50 bits per heavy atom. The Labute approximate surface area is 82.3 Å². The standard InChI is InChI=1S/C11H13FO2/c1-14-7-5-9-8(10(12)6-7)3-2-4-11(9)13/h5-6,11,13H,2-4H2,1H3. The largest absolute Gasteiger partial charge is 0.497 e. The first-order chi connectivity index (χ1) is 6.72. The molecule has 1 unspecified atom stereocenters. The number of benzene rings is 1. The van der Waals surface area contributed by atoms with Crippen LogP contribution in [0.25, 0.3) is 0 Å². The van der Waals surface area contributed by atoms with Crippen LogP contribution < -0.4 is 4.74 Å². The van der Waals surface area contributed by atoms with Crippen LogP contribution in [0.15, 0.2) is 12.1 Å². The van der Waals surface area contributed by atoms with Gasteiger partial charge in [0.2, 0.25) is 0 Å². The van der Waals surface area contributed by atoms with Crippen LogP contribution >= 0.6 is 0 Å². The van der Waals surface area contributed by atoms with E-state index in [0.29, 0.717) is 29.7 Å². The van der Waals surface area contributed by atoms with Gasteiger partial charge in [-0.05, 0) is 36.5 Å². The SMILES string of the molecule is COc1cc(F)c2c(c1)C(O)CCC2. The summed E-state index contributed by atoms with van der Waals surface area (Å²) >= 11 is 0. The lowest BCUT2D eigenvalue weighted by Crippen LogP contribution is -2.11. The normalized spacial score (nSPS) is 20.4. The van der Waals surface area contributed by atoms with E-state index >= 15 is 0 Å². The highest BCUT2D eigenvalue weighted by Gasteiger charge is 2.21. The Bertz CT molecular complexity index is 349. The van der Waals surface area contributed by atoms with Gasteiger partial charge in [0.05, 0.1) is 13.2 Å². The second-order valence-corrected chi connectivity index (χ2v) is 3.59. The first-order valence-corrected chi connectivity index (χ1v) is 4.76. The fourth-order valence-corrected chi connectivity index (χ4v) is 1.94. The van der Waals surface area contributed by atoms with Crippen LogP contribution in [0.5, 0.6) is 5.75 Å². The van der Waals surface area contributed by atoms with Crippen molar-refractivity contribution in [2.75, 3.05) is 7.11 Å². The molecule has 76 valence electrons. The van der Waals surface area contributed by atoms with Gasteiger partial charge in [0.15, 0.2) is 0 Å². The molecule has 3 heteroatoms. The van der Waals surface area contributed by atoms with Crippen LogP contribution in [0.2, 0.25) is 0 Å². The maximum atomic E-state index is 13.5. The van der Waals surface area contributed by atoms with Crippen molar-refractivity contribution in [3.8, 4) is 5.75 Å². The lowest BCUT2D eigenvalue weighted by Gasteiger charge is -2.22. The van der Waals surface area contributed by atoms with Crippen LogP contribution in [-0.4, -0.2) is 12.2 Å². The molecule has 0 saturated carbocycles. The highest BCUT2D eigenvalue weighted by molar-refractivity contribution is 5.39. The Balaban J connectivity index is 2.51. The van der Waals surface area contributed by atoms with E-state index in [2.05, 4.69) is 0 Å². The molecule has 1 aromatic rings. The van der Waals surface area contributed by atoms with E-state index in [-0.39, 0.29) is 5.82 Å². The van der Waals surface area contributed by atoms with Crippen molar-refractivity contribution in [3.63, 3.8) is 0 Å². The molecule has 2 nitrogen and oxygen atoms in total. The Kier molecular flexibility index (Phi) is 2.42. The number of aliphatic hydroxyl groups is 1. The average molecular weight is 196 g/mol. The zero-order valence-electron chi connectivity index (χ0n) is 8.09. The van der Waals surface area contributed by atoms with Crippen LogP contribution in [0, 0.1) is 5.82 Å². The average Bonchev–Trinajstić information content (AvgIpc) is 2.19. The Morgan fingerprint density at radius 2 is 2.29 bits per heavy atom. The lowest BCUT2D eigenvalue weighted by molar-refractivity contribution is 0.155. The van der Waals surface area contributed by atoms with Gasteiger partial charge in [-0.15, -0.1) is 0 Å². The van der Waals surface area contributed by atoms with E-state index in [4.69, 9.17) is 4.74 Å². The van der Waals surface area contributed by atoms with Crippen LogP contribution in [0.1, 0.15) is 30.1 Å². The summed E-state index contributed by atoms with van der Waals surface area (Å²) in [6.07, 6.45) is 1.72. The number of hydrogen-bond acceptors (Lipinski definition) is 2. The minimum absolute atomic E-state index is 0.266. The van der Waals surface area contributed by atoms with E-state index in [0.717, 1.165) is 6.42 Å². The van der Waals surface area contributed by atoms with Crippen LogP contribution in [0.4, 0.5) is 4.39 Å². The molecule has 1 N–H and O–H groups in total. The van der Waals surface area contributed by atoms with Gasteiger partial charge in [0.25, 0.3) is 0 Å². The molecule has 0 spiro atoms. The molecule has 1 aliphatic rings. The van der Waals surface area contributed by atoms with Gasteiger partial charge < -0.3 is 9.84 Å². The number of halogens is 1. The molecule has 1 aliphatic carbocycles. The number of methoxy groups -OCH3 is 1. The summed E-state index contributed by atoms with van der Waals surface area (Å²) in [6.45, 7) is 0. The quantitative estimate of drug-likeness (QED) is 0.746. The second kappa shape index (κ2) is 3.58. The van der Waals surface area contributed by atoms with Crippen LogP contribution in [0.3, 0.4) is 0 Å². The Morgan fingerprint density at radius 3 is 3.00 bits per heavy atom. The third-order valence-electron chi connectivity index (χ3n) is 2.70. The van der Waals surface area contributed by atoms with Gasteiger partial charge >= 0.3 is 0 Å². The van der Waals surface area contributed by atoms with Gasteiger partial charge in [-0.25, -0.2) is 4.39 Å². The van der Waals surface area contributed by atoms with Crippen molar-refractivity contribution in [1.82, 2.24) is 0 Å². The minimum Gasteiger partial charge on any atom is -0.497 e. The molecule has 0 heterocycles. The van der Waals surface area contributed by atoms with E-state index in [1.165, 1.54) is 13.2 Å². The maximum Gasteiger partial charge on any atom is 0.130 e. The number of fused-ring (bicyclic) bond motifs is 1. The molecule has 0 aromatic heterocycles. The molecule has 0 bridgehead atoms. The molecule has 0 aliphatic heterocycles. The summed E-state index contributed by atoms with van der Waals surface area (Å²) in [5, 5.41) is 9.68. The van der Waals surface area contributed by atoms with Gasteiger partial charge in [-0.2, -0.15) is 0 Å². The highest BCUT2D eigenvalue weighted by atomic mass is 19.1. The third-order valence-corrected chi connectivity index (χ3v) is 2.70. The van der Waals surface area contributed by atoms with Crippen molar-refractivity contribution >= 4 is 0 Å².